The van der Waals surface area contributed by atoms with Crippen LogP contribution in [0.1, 0.15) is 12.8 Å². The number of hydrogen-bond acceptors (Lipinski definition) is 3. The van der Waals surface area contributed by atoms with Crippen LogP contribution in [0, 0.1) is 0 Å². The molecule has 0 saturated carbocycles. The zero-order chi connectivity index (χ0) is 14.0. The van der Waals surface area contributed by atoms with E-state index >= 15 is 0 Å². The minimum Gasteiger partial charge on any atom is -0.306 e. The topological polar surface area (TPSA) is 49.4 Å². The third-order valence-electron chi connectivity index (χ3n) is 3.22. The van der Waals surface area contributed by atoms with Gasteiger partial charge in [0.15, 0.2) is 0 Å². The van der Waals surface area contributed by atoms with Crippen LogP contribution in [-0.2, 0) is 10.0 Å². The second kappa shape index (κ2) is 6.22. The van der Waals surface area contributed by atoms with Crippen molar-refractivity contribution in [2.75, 3.05) is 20.1 Å². The van der Waals surface area contributed by atoms with Crippen molar-refractivity contribution >= 4 is 41.9 Å². The quantitative estimate of drug-likeness (QED) is 0.831. The molecule has 0 amide bonds. The minimum absolute atomic E-state index is 0.0248. The average molecular weight is 412 g/mol. The van der Waals surface area contributed by atoms with E-state index in [2.05, 4.69) is 48.5 Å². The van der Waals surface area contributed by atoms with Crippen LogP contribution in [0.5, 0.6) is 0 Å². The smallest absolute Gasteiger partial charge is 0.241 e. The van der Waals surface area contributed by atoms with Crippen molar-refractivity contribution in [3.8, 4) is 0 Å². The first-order chi connectivity index (χ1) is 8.88. The first-order valence-electron chi connectivity index (χ1n) is 6.04. The number of nitrogens with zero attached hydrogens (tertiary/aromatic N) is 1. The molecular formula is C12H16Br2N2O2S. The van der Waals surface area contributed by atoms with Gasteiger partial charge in [-0.1, -0.05) is 15.9 Å². The van der Waals surface area contributed by atoms with E-state index in [9.17, 15) is 8.42 Å². The fourth-order valence-corrected chi connectivity index (χ4v) is 5.15. The third-order valence-corrected chi connectivity index (χ3v) is 6.21. The zero-order valence-electron chi connectivity index (χ0n) is 10.6. The maximum atomic E-state index is 12.3. The van der Waals surface area contributed by atoms with Gasteiger partial charge < -0.3 is 4.90 Å². The molecule has 4 nitrogen and oxygen atoms in total. The van der Waals surface area contributed by atoms with Gasteiger partial charge in [0.05, 0.1) is 4.90 Å². The predicted octanol–water partition coefficient (Wildman–Crippen LogP) is 2.58. The average Bonchev–Trinajstić information content (AvgIpc) is 2.31. The molecule has 1 saturated heterocycles. The number of halogens is 2. The van der Waals surface area contributed by atoms with Crippen molar-refractivity contribution in [1.29, 1.82) is 0 Å². The Kier molecular flexibility index (Phi) is 5.05. The lowest BCUT2D eigenvalue weighted by Gasteiger charge is -2.29. The summed E-state index contributed by atoms with van der Waals surface area (Å²) in [6.45, 7) is 1.85. The van der Waals surface area contributed by atoms with Gasteiger partial charge in [0.1, 0.15) is 0 Å². The molecule has 1 N–H and O–H groups in total. The van der Waals surface area contributed by atoms with Crippen molar-refractivity contribution in [1.82, 2.24) is 9.62 Å². The summed E-state index contributed by atoms with van der Waals surface area (Å²) >= 11 is 6.62. The molecule has 0 radical (unpaired) electrons. The van der Waals surface area contributed by atoms with Crippen molar-refractivity contribution in [3.05, 3.63) is 27.1 Å². The lowest BCUT2D eigenvalue weighted by molar-refractivity contribution is 0.248. The number of benzene rings is 1. The Morgan fingerprint density at radius 3 is 2.47 bits per heavy atom. The fourth-order valence-electron chi connectivity index (χ4n) is 2.10. The first-order valence-corrected chi connectivity index (χ1v) is 9.11. The van der Waals surface area contributed by atoms with Gasteiger partial charge in [-0.15, -0.1) is 0 Å². The van der Waals surface area contributed by atoms with Gasteiger partial charge in [-0.3, -0.25) is 0 Å². The van der Waals surface area contributed by atoms with Gasteiger partial charge in [-0.05, 0) is 67.1 Å². The summed E-state index contributed by atoms with van der Waals surface area (Å²) in [5.41, 5.74) is 0. The van der Waals surface area contributed by atoms with Crippen molar-refractivity contribution < 1.29 is 8.42 Å². The highest BCUT2D eigenvalue weighted by Crippen LogP contribution is 2.26. The molecule has 1 aromatic carbocycles. The Bertz CT molecular complexity index is 555. The van der Waals surface area contributed by atoms with E-state index in [0.717, 1.165) is 30.4 Å². The van der Waals surface area contributed by atoms with Gasteiger partial charge >= 0.3 is 0 Å². The molecule has 0 spiro atoms. The summed E-state index contributed by atoms with van der Waals surface area (Å²) in [6.07, 6.45) is 1.70. The third kappa shape index (κ3) is 4.01. The molecule has 0 bridgehead atoms. The molecule has 1 fully saturated rings. The molecule has 1 aliphatic heterocycles. The molecular weight excluding hydrogens is 396 g/mol. The summed E-state index contributed by atoms with van der Waals surface area (Å²) in [5.74, 6) is 0. The number of likely N-dealkylation sites (tertiary alicyclic amines) is 1. The maximum absolute atomic E-state index is 12.3. The lowest BCUT2D eigenvalue weighted by atomic mass is 10.1. The molecule has 0 aromatic heterocycles. The van der Waals surface area contributed by atoms with E-state index in [1.54, 1.807) is 18.2 Å². The Labute approximate surface area is 130 Å². The standard InChI is InChI=1S/C12H16Br2N2O2S/c1-16-6-4-10(5-7-16)15-19(17,18)12-3-2-9(13)8-11(12)14/h2-3,8,10,15H,4-7H2,1H3. The zero-order valence-corrected chi connectivity index (χ0v) is 14.6. The first kappa shape index (κ1) is 15.4. The highest BCUT2D eigenvalue weighted by molar-refractivity contribution is 9.11. The summed E-state index contributed by atoms with van der Waals surface area (Å²) in [4.78, 5) is 2.50. The summed E-state index contributed by atoms with van der Waals surface area (Å²) in [6, 6.07) is 5.10. The van der Waals surface area contributed by atoms with Crippen LogP contribution in [0.4, 0.5) is 0 Å². The van der Waals surface area contributed by atoms with Crippen molar-refractivity contribution in [2.45, 2.75) is 23.8 Å². The molecule has 0 aliphatic carbocycles. The van der Waals surface area contributed by atoms with E-state index in [-0.39, 0.29) is 10.9 Å². The molecule has 1 heterocycles. The Hall–Kier alpha value is 0.0500. The fraction of sp³-hybridized carbons (Fsp3) is 0.500. The van der Waals surface area contributed by atoms with Gasteiger partial charge in [-0.2, -0.15) is 0 Å². The minimum atomic E-state index is -3.46. The summed E-state index contributed by atoms with van der Waals surface area (Å²) < 4.78 is 28.9. The van der Waals surface area contributed by atoms with Crippen LogP contribution in [0.25, 0.3) is 0 Å². The highest BCUT2D eigenvalue weighted by Gasteiger charge is 2.24. The van der Waals surface area contributed by atoms with Crippen molar-refractivity contribution in [2.24, 2.45) is 0 Å². The molecule has 1 aromatic rings. The van der Waals surface area contributed by atoms with Crippen LogP contribution in [0.2, 0.25) is 0 Å². The number of nitrogens with one attached hydrogen (secondary N) is 1. The number of rotatable bonds is 3. The lowest BCUT2D eigenvalue weighted by Crippen LogP contribution is -2.43. The number of piperidine rings is 1. The Balaban J connectivity index is 2.14. The normalized spacial score (nSPS) is 18.7. The summed E-state index contributed by atoms with van der Waals surface area (Å²) in [5, 5.41) is 0. The Morgan fingerprint density at radius 2 is 1.89 bits per heavy atom. The molecule has 106 valence electrons. The molecule has 7 heteroatoms. The van der Waals surface area contributed by atoms with Gasteiger partial charge in [0.25, 0.3) is 0 Å². The molecule has 1 aliphatic rings. The van der Waals surface area contributed by atoms with Crippen LogP contribution >= 0.6 is 31.9 Å². The molecule has 0 unspecified atom stereocenters. The van der Waals surface area contributed by atoms with Gasteiger partial charge in [0, 0.05) is 15.0 Å². The monoisotopic (exact) mass is 410 g/mol. The SMILES string of the molecule is CN1CCC(NS(=O)(=O)c2ccc(Br)cc2Br)CC1. The van der Waals surface area contributed by atoms with Crippen LogP contribution in [0.15, 0.2) is 32.0 Å². The second-order valence-corrected chi connectivity index (χ2v) is 8.23. The number of sulfonamides is 1. The molecule has 19 heavy (non-hydrogen) atoms. The predicted molar refractivity (Wildman–Crippen MR) is 82.7 cm³/mol. The van der Waals surface area contributed by atoms with E-state index in [0.29, 0.717) is 4.47 Å². The van der Waals surface area contributed by atoms with Gasteiger partial charge in [-0.25, -0.2) is 13.1 Å². The maximum Gasteiger partial charge on any atom is 0.241 e. The van der Waals surface area contributed by atoms with Gasteiger partial charge in [0.2, 0.25) is 10.0 Å². The summed E-state index contributed by atoms with van der Waals surface area (Å²) in [7, 11) is -1.41. The molecule has 2 rings (SSSR count). The largest absolute Gasteiger partial charge is 0.306 e. The van der Waals surface area contributed by atoms with E-state index in [1.165, 1.54) is 0 Å². The van der Waals surface area contributed by atoms with E-state index < -0.39 is 10.0 Å². The van der Waals surface area contributed by atoms with E-state index in [4.69, 9.17) is 0 Å². The van der Waals surface area contributed by atoms with Crippen LogP contribution in [-0.4, -0.2) is 39.5 Å². The number of hydrogen-bond donors (Lipinski definition) is 1. The van der Waals surface area contributed by atoms with Crippen LogP contribution in [0.3, 0.4) is 0 Å². The van der Waals surface area contributed by atoms with Crippen LogP contribution < -0.4 is 4.72 Å². The molecule has 0 atom stereocenters. The second-order valence-electron chi connectivity index (χ2n) is 4.77. The Morgan fingerprint density at radius 1 is 1.26 bits per heavy atom. The van der Waals surface area contributed by atoms with Crippen molar-refractivity contribution in [3.63, 3.8) is 0 Å². The highest BCUT2D eigenvalue weighted by atomic mass is 79.9. The van der Waals surface area contributed by atoms with E-state index in [1.807, 2.05) is 0 Å².